The van der Waals surface area contributed by atoms with Crippen molar-refractivity contribution in [3.63, 3.8) is 0 Å². The summed E-state index contributed by atoms with van der Waals surface area (Å²) in [5.74, 6) is 4.23. The van der Waals surface area contributed by atoms with E-state index in [-0.39, 0.29) is 32.5 Å². The second kappa shape index (κ2) is 20.4. The molecule has 3 aliphatic carbocycles. The Morgan fingerprint density at radius 1 is 0.359 bits per heavy atom. The number of hydrogen-bond acceptors (Lipinski definition) is 3. The Morgan fingerprint density at radius 3 is 0.812 bits per heavy atom. The van der Waals surface area contributed by atoms with Crippen LogP contribution in [0.15, 0.2) is 54.6 Å². The highest BCUT2D eigenvalue weighted by Crippen LogP contribution is 2.53. The molecule has 0 radical (unpaired) electrons. The van der Waals surface area contributed by atoms with Crippen molar-refractivity contribution < 1.29 is 13.6 Å². The third-order valence-corrected chi connectivity index (χ3v) is 16.0. The van der Waals surface area contributed by atoms with Gasteiger partial charge in [0.15, 0.2) is 0 Å². The molecule has 0 saturated heterocycles. The molecule has 6 rings (SSSR count). The van der Waals surface area contributed by atoms with Crippen LogP contribution in [-0.2, 0) is 16.2 Å². The highest BCUT2D eigenvalue weighted by Gasteiger charge is 2.35. The molecule has 0 bridgehead atoms. The maximum absolute atomic E-state index is 7.41. The van der Waals surface area contributed by atoms with E-state index < -0.39 is 8.60 Å². The standard InChI is InChI=1S/C60H93O3P/c1-55(2,3)40-58(10,11)46-31-34-52(49(37-46)43-25-19-16-20-26-43)61-64(62-53-35-32-47(59(12,13)41-56(4,5)6)38-50(53)44-27-21-17-22-28-44)63-54-36-33-48(60(14,15)42-57(7,8)9)39-51(54)45-29-23-18-24-30-45/h31-39,43-45H,16-30,40-42H2,1-15H3. The van der Waals surface area contributed by atoms with Crippen LogP contribution in [0, 0.1) is 16.2 Å². The first-order chi connectivity index (χ1) is 29.8. The van der Waals surface area contributed by atoms with Gasteiger partial charge in [0, 0.05) is 0 Å². The molecular weight excluding hydrogens is 800 g/mol. The van der Waals surface area contributed by atoms with Crippen LogP contribution in [0.4, 0.5) is 0 Å². The summed E-state index contributed by atoms with van der Waals surface area (Å²) in [7, 11) is -1.88. The van der Waals surface area contributed by atoms with Crippen molar-refractivity contribution in [3.05, 3.63) is 88.0 Å². The van der Waals surface area contributed by atoms with Crippen LogP contribution in [-0.4, -0.2) is 0 Å². The van der Waals surface area contributed by atoms with Gasteiger partial charge in [-0.2, -0.15) is 0 Å². The van der Waals surface area contributed by atoms with E-state index in [1.54, 1.807) is 0 Å². The molecule has 3 aromatic carbocycles. The van der Waals surface area contributed by atoms with Crippen molar-refractivity contribution in [3.8, 4) is 17.2 Å². The Morgan fingerprint density at radius 2 is 0.594 bits per heavy atom. The molecule has 64 heavy (non-hydrogen) atoms. The normalized spacial score (nSPS) is 18.4. The molecule has 0 spiro atoms. The molecule has 3 fully saturated rings. The van der Waals surface area contributed by atoms with Crippen molar-refractivity contribution in [1.82, 2.24) is 0 Å². The van der Waals surface area contributed by atoms with Gasteiger partial charge in [0.1, 0.15) is 17.2 Å². The van der Waals surface area contributed by atoms with Crippen LogP contribution < -0.4 is 13.6 Å². The van der Waals surface area contributed by atoms with E-state index in [9.17, 15) is 0 Å². The maximum Gasteiger partial charge on any atom is 0.530 e. The van der Waals surface area contributed by atoms with Gasteiger partial charge in [0.25, 0.3) is 0 Å². The molecule has 0 heterocycles. The van der Waals surface area contributed by atoms with Crippen molar-refractivity contribution in [2.24, 2.45) is 16.2 Å². The fourth-order valence-corrected chi connectivity index (χ4v) is 14.0. The second-order valence-electron chi connectivity index (χ2n) is 26.6. The lowest BCUT2D eigenvalue weighted by atomic mass is 9.71. The monoisotopic (exact) mass is 893 g/mol. The van der Waals surface area contributed by atoms with Crippen LogP contribution in [0.5, 0.6) is 17.2 Å². The molecule has 0 aliphatic heterocycles. The van der Waals surface area contributed by atoms with Crippen LogP contribution in [0.2, 0.25) is 0 Å². The molecule has 0 unspecified atom stereocenters. The number of benzene rings is 3. The van der Waals surface area contributed by atoms with Gasteiger partial charge in [-0.3, -0.25) is 0 Å². The largest absolute Gasteiger partial charge is 0.530 e. The molecule has 0 amide bonds. The highest BCUT2D eigenvalue weighted by atomic mass is 31.2. The first kappa shape index (κ1) is 50.9. The van der Waals surface area contributed by atoms with Gasteiger partial charge >= 0.3 is 8.60 Å². The van der Waals surface area contributed by atoms with Crippen molar-refractivity contribution >= 4 is 8.60 Å². The Hall–Kier alpha value is -2.51. The third-order valence-electron chi connectivity index (χ3n) is 14.9. The van der Waals surface area contributed by atoms with Gasteiger partial charge in [-0.25, -0.2) is 0 Å². The summed E-state index contributed by atoms with van der Waals surface area (Å²) < 4.78 is 22.2. The molecule has 0 aromatic heterocycles. The van der Waals surface area contributed by atoms with Crippen molar-refractivity contribution in [2.45, 2.75) is 253 Å². The SMILES string of the molecule is CC(C)(C)CC(C)(C)c1ccc(OP(Oc2ccc(C(C)(C)CC(C)(C)C)cc2C2CCCCC2)Oc2ccc(C(C)(C)CC(C)(C)C)cc2C2CCCCC2)c(C2CCCCC2)c1. The highest BCUT2D eigenvalue weighted by molar-refractivity contribution is 7.43. The summed E-state index contributed by atoms with van der Waals surface area (Å²) in [6.45, 7) is 35.9. The first-order valence-electron chi connectivity index (χ1n) is 26.1. The molecule has 3 nitrogen and oxygen atoms in total. The summed E-state index contributed by atoms with van der Waals surface area (Å²) >= 11 is 0. The second-order valence-corrected chi connectivity index (χ2v) is 27.6. The van der Waals surface area contributed by atoms with Gasteiger partial charge in [0.2, 0.25) is 0 Å². The van der Waals surface area contributed by atoms with E-state index in [2.05, 4.69) is 158 Å². The lowest BCUT2D eigenvalue weighted by Crippen LogP contribution is -2.25. The topological polar surface area (TPSA) is 27.7 Å². The Balaban J connectivity index is 1.48. The van der Waals surface area contributed by atoms with E-state index >= 15 is 0 Å². The Kier molecular flexibility index (Phi) is 16.2. The maximum atomic E-state index is 7.41. The molecule has 356 valence electrons. The van der Waals surface area contributed by atoms with Crippen molar-refractivity contribution in [1.29, 1.82) is 0 Å². The van der Waals surface area contributed by atoms with Gasteiger partial charge in [-0.15, -0.1) is 0 Å². The van der Waals surface area contributed by atoms with Gasteiger partial charge < -0.3 is 13.6 Å². The summed E-state index contributed by atoms with van der Waals surface area (Å²) in [4.78, 5) is 0. The minimum Gasteiger partial charge on any atom is -0.408 e. The minimum absolute atomic E-state index is 0.0345. The number of rotatable bonds is 15. The predicted molar refractivity (Wildman–Crippen MR) is 277 cm³/mol. The van der Waals surface area contributed by atoms with Crippen LogP contribution in [0.1, 0.15) is 271 Å². The van der Waals surface area contributed by atoms with E-state index in [0.717, 1.165) is 36.5 Å². The van der Waals surface area contributed by atoms with E-state index in [4.69, 9.17) is 13.6 Å². The zero-order valence-electron chi connectivity index (χ0n) is 43.8. The van der Waals surface area contributed by atoms with Gasteiger partial charge in [-0.05, 0) is 160 Å². The molecule has 0 atom stereocenters. The summed E-state index contributed by atoms with van der Waals surface area (Å²) in [6.07, 6.45) is 22.1. The summed E-state index contributed by atoms with van der Waals surface area (Å²) in [5.41, 5.74) is 9.02. The van der Waals surface area contributed by atoms with E-state index in [1.807, 2.05) is 0 Å². The van der Waals surface area contributed by atoms with E-state index in [1.165, 1.54) is 130 Å². The fraction of sp³-hybridized carbons (Fsp3) is 0.700. The molecular formula is C60H93O3P. The minimum atomic E-state index is -1.88. The van der Waals surface area contributed by atoms with E-state index in [0.29, 0.717) is 17.8 Å². The zero-order valence-corrected chi connectivity index (χ0v) is 44.7. The van der Waals surface area contributed by atoms with Crippen LogP contribution in [0.25, 0.3) is 0 Å². The Bertz CT molecular complexity index is 1740. The summed E-state index contributed by atoms with van der Waals surface area (Å²) in [5, 5.41) is 0. The first-order valence-corrected chi connectivity index (χ1v) is 27.2. The number of hydrogen-bond donors (Lipinski definition) is 0. The van der Waals surface area contributed by atoms with Gasteiger partial charge in [-0.1, -0.05) is 198 Å². The Labute approximate surface area is 395 Å². The fourth-order valence-electron chi connectivity index (χ4n) is 12.9. The summed E-state index contributed by atoms with van der Waals surface area (Å²) in [6, 6.07) is 21.4. The zero-order chi connectivity index (χ0) is 46.7. The lowest BCUT2D eigenvalue weighted by Gasteiger charge is -2.35. The third kappa shape index (κ3) is 14.0. The van der Waals surface area contributed by atoms with Crippen LogP contribution in [0.3, 0.4) is 0 Å². The smallest absolute Gasteiger partial charge is 0.408 e. The van der Waals surface area contributed by atoms with Crippen LogP contribution >= 0.6 is 8.60 Å². The molecule has 4 heteroatoms. The molecule has 3 aromatic rings. The molecule has 0 N–H and O–H groups in total. The quantitative estimate of drug-likeness (QED) is 0.142. The van der Waals surface area contributed by atoms with Gasteiger partial charge in [0.05, 0.1) is 0 Å². The molecule has 3 aliphatic rings. The lowest BCUT2D eigenvalue weighted by molar-refractivity contribution is 0.283. The van der Waals surface area contributed by atoms with Crippen molar-refractivity contribution in [2.75, 3.05) is 0 Å². The average molecular weight is 893 g/mol. The molecule has 3 saturated carbocycles. The average Bonchev–Trinajstić information content (AvgIpc) is 3.19. The predicted octanol–water partition coefficient (Wildman–Crippen LogP) is 19.7.